The zero-order valence-electron chi connectivity index (χ0n) is 23.8. The molecule has 1 heterocycles. The van der Waals surface area contributed by atoms with Gasteiger partial charge in [-0.05, 0) is 54.3 Å². The maximum atomic E-state index is 15.6. The molecular weight excluding hydrogens is 511 g/mol. The van der Waals surface area contributed by atoms with Crippen LogP contribution in [0.4, 0.5) is 15.8 Å². The Balaban J connectivity index is 2.03. The number of amidine groups is 1. The molecule has 3 rings (SSSR count). The molecule has 2 aromatic carbocycles. The predicted molar refractivity (Wildman–Crippen MR) is 158 cm³/mol. The van der Waals surface area contributed by atoms with Crippen LogP contribution < -0.4 is 10.6 Å². The van der Waals surface area contributed by atoms with Gasteiger partial charge >= 0.3 is 0 Å². The molecule has 0 saturated carbocycles. The van der Waals surface area contributed by atoms with Gasteiger partial charge in [0, 0.05) is 57.4 Å². The van der Waals surface area contributed by atoms with Gasteiger partial charge in [-0.15, -0.1) is 0 Å². The van der Waals surface area contributed by atoms with Gasteiger partial charge in [-0.25, -0.2) is 14.4 Å². The Morgan fingerprint density at radius 3 is 2.45 bits per heavy atom. The number of amides is 2. The molecule has 0 spiro atoms. The number of likely N-dealkylation sites (N-methyl/N-ethyl adjacent to an activating group) is 2. The van der Waals surface area contributed by atoms with Crippen molar-refractivity contribution in [3.8, 4) is 11.1 Å². The molecule has 0 atom stereocenters. The molecule has 0 bridgehead atoms. The van der Waals surface area contributed by atoms with Gasteiger partial charge in [0.25, 0.3) is 0 Å². The first kappa shape index (κ1) is 30.2. The van der Waals surface area contributed by atoms with E-state index in [1.807, 2.05) is 13.8 Å². The Hall–Kier alpha value is -4.34. The lowest BCUT2D eigenvalue weighted by molar-refractivity contribution is -0.127. The summed E-state index contributed by atoms with van der Waals surface area (Å²) in [5.41, 5.74) is 3.05. The maximum absolute atomic E-state index is 15.6. The number of aliphatic imine (C=N–C) groups is 2. The fourth-order valence-corrected chi connectivity index (χ4v) is 4.38. The third-order valence-electron chi connectivity index (χ3n) is 6.43. The Morgan fingerprint density at radius 2 is 1.82 bits per heavy atom. The highest BCUT2D eigenvalue weighted by atomic mass is 19.1. The first-order chi connectivity index (χ1) is 19.2. The van der Waals surface area contributed by atoms with Crippen LogP contribution in [0, 0.1) is 5.82 Å². The molecule has 1 aliphatic rings. The fourth-order valence-electron chi connectivity index (χ4n) is 4.38. The molecule has 0 saturated heterocycles. The molecule has 2 amide bonds. The average Bonchev–Trinajstić information content (AvgIpc) is 3.15. The highest BCUT2D eigenvalue weighted by Crippen LogP contribution is 2.36. The van der Waals surface area contributed by atoms with Crippen molar-refractivity contribution >= 4 is 47.7 Å². The van der Waals surface area contributed by atoms with Gasteiger partial charge in [-0.1, -0.05) is 19.9 Å². The summed E-state index contributed by atoms with van der Waals surface area (Å²) in [6.45, 7) is 5.41. The number of halogens is 1. The normalized spacial score (nSPS) is 12.7. The summed E-state index contributed by atoms with van der Waals surface area (Å²) in [5, 5.41) is 5.59. The van der Waals surface area contributed by atoms with Crippen molar-refractivity contribution in [2.75, 3.05) is 40.8 Å². The lowest BCUT2D eigenvalue weighted by Crippen LogP contribution is -2.34. The molecule has 0 aliphatic carbocycles. The minimum atomic E-state index is -0.508. The third kappa shape index (κ3) is 7.40. The lowest BCUT2D eigenvalue weighted by Gasteiger charge is -2.23. The van der Waals surface area contributed by atoms with E-state index < -0.39 is 5.82 Å². The van der Waals surface area contributed by atoms with E-state index in [1.54, 1.807) is 61.3 Å². The average molecular weight is 549 g/mol. The quantitative estimate of drug-likeness (QED) is 0.247. The van der Waals surface area contributed by atoms with Crippen LogP contribution in [-0.4, -0.2) is 80.9 Å². The number of carbonyl (C=O) groups is 3. The van der Waals surface area contributed by atoms with Crippen LogP contribution in [0.1, 0.15) is 49.0 Å². The molecule has 0 fully saturated rings. The van der Waals surface area contributed by atoms with Crippen molar-refractivity contribution in [1.82, 2.24) is 20.4 Å². The van der Waals surface area contributed by atoms with Gasteiger partial charge in [-0.3, -0.25) is 14.4 Å². The summed E-state index contributed by atoms with van der Waals surface area (Å²) in [7, 11) is 4.97. The first-order valence-corrected chi connectivity index (χ1v) is 13.4. The Labute approximate surface area is 234 Å². The predicted octanol–water partition coefficient (Wildman–Crippen LogP) is 4.33. The number of nitrogens with one attached hydrogen (secondary N) is 2. The van der Waals surface area contributed by atoms with Crippen molar-refractivity contribution in [2.45, 2.75) is 33.1 Å². The SMILES string of the molecule is CCCN(CCC)C(=O)C1=Cc2c(F)cc(-c3ccc(C=O)c(/N=C\N(C)CC(=O)NC)c3)cc2N=C(NC)C1. The van der Waals surface area contributed by atoms with E-state index in [2.05, 4.69) is 20.6 Å². The van der Waals surface area contributed by atoms with E-state index in [-0.39, 0.29) is 30.3 Å². The summed E-state index contributed by atoms with van der Waals surface area (Å²) in [6, 6.07) is 8.18. The third-order valence-corrected chi connectivity index (χ3v) is 6.43. The number of rotatable bonds is 11. The van der Waals surface area contributed by atoms with Crippen LogP contribution >= 0.6 is 0 Å². The van der Waals surface area contributed by atoms with Crippen molar-refractivity contribution in [2.24, 2.45) is 9.98 Å². The van der Waals surface area contributed by atoms with Gasteiger partial charge in [0.1, 0.15) is 11.7 Å². The van der Waals surface area contributed by atoms with Gasteiger partial charge in [0.05, 0.1) is 24.3 Å². The van der Waals surface area contributed by atoms with E-state index in [0.29, 0.717) is 58.8 Å². The molecule has 0 unspecified atom stereocenters. The van der Waals surface area contributed by atoms with Crippen LogP contribution in [0.3, 0.4) is 0 Å². The molecule has 0 radical (unpaired) electrons. The van der Waals surface area contributed by atoms with Gasteiger partial charge < -0.3 is 20.4 Å². The van der Waals surface area contributed by atoms with E-state index in [1.165, 1.54) is 12.4 Å². The highest BCUT2D eigenvalue weighted by Gasteiger charge is 2.23. The highest BCUT2D eigenvalue weighted by molar-refractivity contribution is 6.06. The topological polar surface area (TPSA) is 106 Å². The van der Waals surface area contributed by atoms with Crippen molar-refractivity contribution in [1.29, 1.82) is 0 Å². The fraction of sp³-hybridized carbons (Fsp3) is 0.367. The molecule has 2 aromatic rings. The number of nitrogens with zero attached hydrogens (tertiary/aromatic N) is 4. The zero-order chi connectivity index (χ0) is 29.2. The van der Waals surface area contributed by atoms with Gasteiger partial charge in [0.15, 0.2) is 6.29 Å². The summed E-state index contributed by atoms with van der Waals surface area (Å²) in [4.78, 5) is 49.1. The number of fused-ring (bicyclic) bond motifs is 1. The van der Waals surface area contributed by atoms with Crippen LogP contribution in [0.25, 0.3) is 17.2 Å². The second kappa shape index (κ2) is 14.2. The molecule has 40 heavy (non-hydrogen) atoms. The minimum Gasteiger partial charge on any atom is -0.376 e. The smallest absolute Gasteiger partial charge is 0.250 e. The Bertz CT molecular complexity index is 1350. The Kier molecular flexibility index (Phi) is 10.7. The number of hydrogen-bond acceptors (Lipinski definition) is 6. The number of benzene rings is 2. The van der Waals surface area contributed by atoms with Crippen LogP contribution in [-0.2, 0) is 9.59 Å². The van der Waals surface area contributed by atoms with Gasteiger partial charge in [0.2, 0.25) is 11.8 Å². The lowest BCUT2D eigenvalue weighted by atomic mass is 9.98. The molecule has 2 N–H and O–H groups in total. The van der Waals surface area contributed by atoms with Crippen LogP contribution in [0.15, 0.2) is 45.9 Å². The van der Waals surface area contributed by atoms with E-state index in [9.17, 15) is 14.4 Å². The summed E-state index contributed by atoms with van der Waals surface area (Å²) in [5.74, 6) is -0.242. The molecule has 212 valence electrons. The maximum Gasteiger partial charge on any atom is 0.250 e. The summed E-state index contributed by atoms with van der Waals surface area (Å²) < 4.78 is 15.6. The molecular formula is C30H37FN6O3. The first-order valence-electron chi connectivity index (χ1n) is 13.4. The number of carbonyl (C=O) groups excluding carboxylic acids is 3. The van der Waals surface area contributed by atoms with Crippen LogP contribution in [0.2, 0.25) is 0 Å². The second-order valence-electron chi connectivity index (χ2n) is 9.56. The molecule has 9 nitrogen and oxygen atoms in total. The summed E-state index contributed by atoms with van der Waals surface area (Å²) in [6.07, 6.45) is 5.70. The largest absolute Gasteiger partial charge is 0.376 e. The molecule has 1 aliphatic heterocycles. The van der Waals surface area contributed by atoms with Crippen LogP contribution in [0.5, 0.6) is 0 Å². The molecule has 0 aromatic heterocycles. The van der Waals surface area contributed by atoms with Crippen molar-refractivity contribution < 1.29 is 18.8 Å². The number of hydrogen-bond donors (Lipinski definition) is 2. The van der Waals surface area contributed by atoms with E-state index in [4.69, 9.17) is 0 Å². The minimum absolute atomic E-state index is 0.102. The van der Waals surface area contributed by atoms with E-state index in [0.717, 1.165) is 12.8 Å². The van der Waals surface area contributed by atoms with Gasteiger partial charge in [-0.2, -0.15) is 0 Å². The van der Waals surface area contributed by atoms with Crippen molar-refractivity contribution in [3.05, 3.63) is 52.8 Å². The molecule has 10 heteroatoms. The number of aldehydes is 1. The monoisotopic (exact) mass is 548 g/mol. The standard InChI is InChI=1S/C30H37FN6O3/c1-6-10-37(11-7-2)30(40)23-12-24-25(31)13-22(15-27(24)35-28(16-23)32-3)20-8-9-21(18-38)26(14-20)34-19-36(5)17-29(39)33-4/h8-9,12-15,18-19H,6-7,10-11,16-17H2,1-5H3,(H,32,35)(H,33,39)/b34-19-. The Morgan fingerprint density at radius 1 is 1.10 bits per heavy atom. The summed E-state index contributed by atoms with van der Waals surface area (Å²) >= 11 is 0. The van der Waals surface area contributed by atoms with E-state index >= 15 is 4.39 Å². The zero-order valence-corrected chi connectivity index (χ0v) is 23.8. The van der Waals surface area contributed by atoms with Crippen molar-refractivity contribution in [3.63, 3.8) is 0 Å². The second-order valence-corrected chi connectivity index (χ2v) is 9.56.